The van der Waals surface area contributed by atoms with Gasteiger partial charge >= 0.3 is 21.7 Å². The molecule has 0 unspecified atom stereocenters. The van der Waals surface area contributed by atoms with Crippen LogP contribution in [0, 0.1) is 28.2 Å². The molecular formula is C13H30Ti. The smallest absolute Gasteiger partial charge is 0.358 e. The molecule has 0 aliphatic rings. The van der Waals surface area contributed by atoms with Gasteiger partial charge in [0, 0.05) is 0 Å². The van der Waals surface area contributed by atoms with Gasteiger partial charge in [-0.2, -0.15) is 19.3 Å². The summed E-state index contributed by atoms with van der Waals surface area (Å²) < 4.78 is 0. The molecule has 0 amide bonds. The fraction of sp³-hybridized carbons (Fsp3) is 0.692. The standard InChI is InChI=1S/3C4H9.CH3.Ti/c3*1-3-4-2;;/h3*1,3-4H2,2H3;1H3;/q4*-1;+4. The van der Waals surface area contributed by atoms with E-state index >= 15 is 0 Å². The summed E-state index contributed by atoms with van der Waals surface area (Å²) in [4.78, 5) is 0. The van der Waals surface area contributed by atoms with Gasteiger partial charge in [-0.25, -0.2) is 0 Å². The molecule has 0 radical (unpaired) electrons. The monoisotopic (exact) mass is 234 g/mol. The van der Waals surface area contributed by atoms with E-state index in [0.29, 0.717) is 0 Å². The number of hydrogen-bond donors (Lipinski definition) is 0. The van der Waals surface area contributed by atoms with Crippen LogP contribution in [0.2, 0.25) is 0 Å². The summed E-state index contributed by atoms with van der Waals surface area (Å²) in [5, 5.41) is 0. The predicted octanol–water partition coefficient (Wildman–Crippen LogP) is 5.31. The third kappa shape index (κ3) is 126. The molecule has 0 atom stereocenters. The maximum absolute atomic E-state index is 3.60. The van der Waals surface area contributed by atoms with Gasteiger partial charge in [-0.3, -0.25) is 0 Å². The second-order valence-electron chi connectivity index (χ2n) is 2.56. The van der Waals surface area contributed by atoms with Crippen LogP contribution in [0.1, 0.15) is 59.3 Å². The van der Waals surface area contributed by atoms with Gasteiger partial charge in [0.2, 0.25) is 0 Å². The molecule has 0 aliphatic heterocycles. The molecular weight excluding hydrogens is 204 g/mol. The van der Waals surface area contributed by atoms with Gasteiger partial charge in [0.1, 0.15) is 0 Å². The average Bonchev–Trinajstić information content (AvgIpc) is 2.18. The van der Waals surface area contributed by atoms with Crippen molar-refractivity contribution < 1.29 is 21.7 Å². The second-order valence-corrected chi connectivity index (χ2v) is 2.56. The van der Waals surface area contributed by atoms with Crippen molar-refractivity contribution in [2.24, 2.45) is 0 Å². The normalized spacial score (nSPS) is 6.43. The molecule has 0 saturated heterocycles. The first-order valence-corrected chi connectivity index (χ1v) is 5.12. The molecule has 0 heterocycles. The van der Waals surface area contributed by atoms with Crippen LogP contribution in [0.15, 0.2) is 0 Å². The van der Waals surface area contributed by atoms with E-state index in [4.69, 9.17) is 0 Å². The van der Waals surface area contributed by atoms with Crippen LogP contribution in [-0.2, 0) is 21.7 Å². The van der Waals surface area contributed by atoms with E-state index in [1.165, 1.54) is 19.3 Å². The minimum atomic E-state index is 0. The largest absolute Gasteiger partial charge is 4.00 e. The zero-order valence-electron chi connectivity index (χ0n) is 10.9. The molecule has 0 rings (SSSR count). The van der Waals surface area contributed by atoms with Gasteiger partial charge in [0.15, 0.2) is 0 Å². The molecule has 0 nitrogen and oxygen atoms in total. The van der Waals surface area contributed by atoms with Crippen molar-refractivity contribution >= 4 is 0 Å². The Morgan fingerprint density at radius 2 is 0.714 bits per heavy atom. The van der Waals surface area contributed by atoms with Crippen molar-refractivity contribution in [2.75, 3.05) is 0 Å². The summed E-state index contributed by atoms with van der Waals surface area (Å²) >= 11 is 0. The van der Waals surface area contributed by atoms with E-state index < -0.39 is 0 Å². The molecule has 0 fully saturated rings. The summed E-state index contributed by atoms with van der Waals surface area (Å²) in [6.45, 7) is 17.2. The third-order valence-electron chi connectivity index (χ3n) is 1.06. The maximum Gasteiger partial charge on any atom is 4.00 e. The summed E-state index contributed by atoms with van der Waals surface area (Å²) in [6, 6.07) is 0. The van der Waals surface area contributed by atoms with Gasteiger partial charge in [-0.05, 0) is 0 Å². The van der Waals surface area contributed by atoms with Crippen LogP contribution in [0.3, 0.4) is 0 Å². The van der Waals surface area contributed by atoms with E-state index in [0.717, 1.165) is 19.3 Å². The van der Waals surface area contributed by atoms with Gasteiger partial charge < -0.3 is 28.2 Å². The molecule has 86 valence electrons. The van der Waals surface area contributed by atoms with Gasteiger partial charge in [-0.15, -0.1) is 0 Å². The molecule has 0 N–H and O–H groups in total. The molecule has 0 saturated carbocycles. The van der Waals surface area contributed by atoms with Crippen LogP contribution in [-0.4, -0.2) is 0 Å². The number of hydrogen-bond acceptors (Lipinski definition) is 0. The first kappa shape index (κ1) is 29.3. The van der Waals surface area contributed by atoms with Crippen molar-refractivity contribution in [1.82, 2.24) is 0 Å². The van der Waals surface area contributed by atoms with Crippen LogP contribution in [0.5, 0.6) is 0 Å². The van der Waals surface area contributed by atoms with Crippen LogP contribution >= 0.6 is 0 Å². The van der Waals surface area contributed by atoms with E-state index in [9.17, 15) is 0 Å². The van der Waals surface area contributed by atoms with Crippen molar-refractivity contribution in [3.05, 3.63) is 28.2 Å². The SMILES string of the molecule is [CH2-]CCC.[CH2-]CCC.[CH2-]CCC.[CH3-].[Ti+4]. The van der Waals surface area contributed by atoms with Crippen molar-refractivity contribution in [3.63, 3.8) is 0 Å². The average molecular weight is 234 g/mol. The maximum atomic E-state index is 3.60. The Labute approximate surface area is 109 Å². The van der Waals surface area contributed by atoms with Gasteiger partial charge in [0.05, 0.1) is 0 Å². The molecule has 0 aromatic carbocycles. The minimum absolute atomic E-state index is 0. The molecule has 14 heavy (non-hydrogen) atoms. The number of unbranched alkanes of at least 4 members (excludes halogenated alkanes) is 3. The minimum Gasteiger partial charge on any atom is -0.358 e. The van der Waals surface area contributed by atoms with E-state index in [1.807, 2.05) is 0 Å². The van der Waals surface area contributed by atoms with Crippen LogP contribution in [0.25, 0.3) is 0 Å². The van der Waals surface area contributed by atoms with Crippen LogP contribution in [0.4, 0.5) is 0 Å². The Morgan fingerprint density at radius 3 is 0.714 bits per heavy atom. The Hall–Kier alpha value is 0.714. The Bertz CT molecular complexity index is 20.7. The summed E-state index contributed by atoms with van der Waals surface area (Å²) in [7, 11) is 0. The predicted molar refractivity (Wildman–Crippen MR) is 67.2 cm³/mol. The van der Waals surface area contributed by atoms with Crippen LogP contribution < -0.4 is 0 Å². The van der Waals surface area contributed by atoms with Gasteiger partial charge in [0.25, 0.3) is 0 Å². The molecule has 0 bridgehead atoms. The summed E-state index contributed by atoms with van der Waals surface area (Å²) in [5.74, 6) is 0. The fourth-order valence-corrected chi connectivity index (χ4v) is 0. The molecule has 0 aliphatic carbocycles. The third-order valence-corrected chi connectivity index (χ3v) is 1.06. The summed E-state index contributed by atoms with van der Waals surface area (Å²) in [5.41, 5.74) is 0. The van der Waals surface area contributed by atoms with Crippen molar-refractivity contribution in [2.45, 2.75) is 59.3 Å². The quantitative estimate of drug-likeness (QED) is 0.458. The topological polar surface area (TPSA) is 0 Å². The number of rotatable bonds is 3. The Morgan fingerprint density at radius 1 is 0.643 bits per heavy atom. The first-order valence-electron chi connectivity index (χ1n) is 5.12. The Balaban J connectivity index is -0.0000000270. The molecule has 0 spiro atoms. The molecule has 0 aromatic heterocycles. The second kappa shape index (κ2) is 49.2. The Kier molecular flexibility index (Phi) is 103. The van der Waals surface area contributed by atoms with E-state index in [1.54, 1.807) is 0 Å². The molecule has 0 aromatic rings. The van der Waals surface area contributed by atoms with Crippen molar-refractivity contribution in [3.8, 4) is 0 Å². The fourth-order valence-electron chi connectivity index (χ4n) is 0. The van der Waals surface area contributed by atoms with Gasteiger partial charge in [-0.1, -0.05) is 40.0 Å². The van der Waals surface area contributed by atoms with E-state index in [-0.39, 0.29) is 29.1 Å². The zero-order valence-corrected chi connectivity index (χ0v) is 12.4. The van der Waals surface area contributed by atoms with Crippen molar-refractivity contribution in [1.29, 1.82) is 0 Å². The molecule has 1 heteroatoms. The zero-order chi connectivity index (χ0) is 10.2. The summed E-state index contributed by atoms with van der Waals surface area (Å²) in [6.07, 6.45) is 6.83. The van der Waals surface area contributed by atoms with E-state index in [2.05, 4.69) is 41.5 Å². The first-order chi connectivity index (χ1) is 5.74.